The fourth-order valence-electron chi connectivity index (χ4n) is 1.30. The van der Waals surface area contributed by atoms with E-state index in [2.05, 4.69) is 23.4 Å². The highest BCUT2D eigenvalue weighted by Gasteiger charge is 2.11. The molecule has 2 heterocycles. The van der Waals surface area contributed by atoms with Gasteiger partial charge in [-0.05, 0) is 18.6 Å². The Labute approximate surface area is 65.7 Å². The van der Waals surface area contributed by atoms with E-state index in [-0.39, 0.29) is 0 Å². The number of fused-ring (bicyclic) bond motifs is 1. The molecular formula is C8H11N3. The third kappa shape index (κ3) is 0.808. The number of nitrogens with one attached hydrogen (secondary N) is 2. The second-order valence-electron chi connectivity index (χ2n) is 2.76. The van der Waals surface area contributed by atoms with Gasteiger partial charge in [-0.2, -0.15) is 0 Å². The van der Waals surface area contributed by atoms with E-state index in [0.717, 1.165) is 5.82 Å². The fraction of sp³-hybridized carbons (Fsp3) is 0.250. The van der Waals surface area contributed by atoms with Crippen molar-refractivity contribution in [3.63, 3.8) is 0 Å². The topological polar surface area (TPSA) is 31.1 Å². The van der Waals surface area contributed by atoms with Crippen LogP contribution in [-0.2, 0) is 0 Å². The van der Waals surface area contributed by atoms with Crippen molar-refractivity contribution in [1.29, 1.82) is 0 Å². The third-order valence-electron chi connectivity index (χ3n) is 1.96. The molecule has 0 bridgehead atoms. The van der Waals surface area contributed by atoms with E-state index in [4.69, 9.17) is 0 Å². The largest absolute Gasteiger partial charge is 0.346 e. The fourth-order valence-corrected chi connectivity index (χ4v) is 1.30. The second-order valence-corrected chi connectivity index (χ2v) is 2.76. The number of rotatable bonds is 0. The average molecular weight is 149 g/mol. The van der Waals surface area contributed by atoms with Crippen LogP contribution in [0.2, 0.25) is 0 Å². The van der Waals surface area contributed by atoms with Crippen LogP contribution in [-0.4, -0.2) is 12.0 Å². The van der Waals surface area contributed by atoms with Gasteiger partial charge in [-0.25, -0.2) is 0 Å². The van der Waals surface area contributed by atoms with Crippen LogP contribution >= 0.6 is 0 Å². The quantitative estimate of drug-likeness (QED) is 0.581. The van der Waals surface area contributed by atoms with Gasteiger partial charge >= 0.3 is 0 Å². The third-order valence-corrected chi connectivity index (χ3v) is 1.96. The summed E-state index contributed by atoms with van der Waals surface area (Å²) in [4.78, 5) is 3.19. The Morgan fingerprint density at radius 3 is 3.00 bits per heavy atom. The first-order chi connectivity index (χ1) is 5.29. The predicted molar refractivity (Wildman–Crippen MR) is 46.1 cm³/mol. The Hall–Kier alpha value is -1.38. The lowest BCUT2D eigenvalue weighted by atomic mass is 10.2. The summed E-state index contributed by atoms with van der Waals surface area (Å²) < 4.78 is 0. The summed E-state index contributed by atoms with van der Waals surface area (Å²) in [6, 6.07) is 0. The molecule has 0 fully saturated rings. The van der Waals surface area contributed by atoms with Crippen molar-refractivity contribution < 1.29 is 0 Å². The molecule has 0 amide bonds. The lowest BCUT2D eigenvalue weighted by Crippen LogP contribution is -2.32. The maximum atomic E-state index is 3.19. The Balaban J connectivity index is 2.57. The van der Waals surface area contributed by atoms with Crippen LogP contribution in [0.25, 0.3) is 6.08 Å². The molecule has 0 saturated heterocycles. The van der Waals surface area contributed by atoms with E-state index in [0.29, 0.717) is 0 Å². The molecule has 3 nitrogen and oxygen atoms in total. The molecule has 0 radical (unpaired) electrons. The molecule has 1 aliphatic heterocycles. The van der Waals surface area contributed by atoms with Crippen LogP contribution in [0.15, 0.2) is 12.4 Å². The second kappa shape index (κ2) is 2.05. The molecule has 0 spiro atoms. The van der Waals surface area contributed by atoms with E-state index in [9.17, 15) is 0 Å². The lowest BCUT2D eigenvalue weighted by Gasteiger charge is -2.21. The van der Waals surface area contributed by atoms with Crippen LogP contribution in [0, 0.1) is 6.92 Å². The highest BCUT2D eigenvalue weighted by Crippen LogP contribution is 2.23. The Kier molecular flexibility index (Phi) is 1.18. The van der Waals surface area contributed by atoms with Crippen LogP contribution < -0.4 is 10.4 Å². The van der Waals surface area contributed by atoms with E-state index in [1.54, 1.807) is 0 Å². The first kappa shape index (κ1) is 6.34. The van der Waals surface area contributed by atoms with Gasteiger partial charge in [-0.1, -0.05) is 0 Å². The van der Waals surface area contributed by atoms with Crippen molar-refractivity contribution in [2.24, 2.45) is 0 Å². The summed E-state index contributed by atoms with van der Waals surface area (Å²) in [5, 5.41) is 1.96. The highest BCUT2D eigenvalue weighted by molar-refractivity contribution is 5.69. The smallest absolute Gasteiger partial charge is 0.132 e. The van der Waals surface area contributed by atoms with Crippen LogP contribution in [0.3, 0.4) is 0 Å². The normalized spacial score (nSPS) is 14.5. The molecule has 11 heavy (non-hydrogen) atoms. The molecule has 0 aliphatic carbocycles. The van der Waals surface area contributed by atoms with Crippen molar-refractivity contribution in [2.45, 2.75) is 6.92 Å². The van der Waals surface area contributed by atoms with Gasteiger partial charge in [0.2, 0.25) is 0 Å². The molecular weight excluding hydrogens is 138 g/mol. The van der Waals surface area contributed by atoms with E-state index >= 15 is 0 Å². The Morgan fingerprint density at radius 2 is 2.27 bits per heavy atom. The zero-order valence-electron chi connectivity index (χ0n) is 6.68. The van der Waals surface area contributed by atoms with E-state index < -0.39 is 0 Å². The summed E-state index contributed by atoms with van der Waals surface area (Å²) in [5.74, 6) is 1.13. The number of H-pyrrole nitrogens is 1. The summed E-state index contributed by atoms with van der Waals surface area (Å²) in [7, 11) is 1.98. The molecule has 3 heteroatoms. The maximum Gasteiger partial charge on any atom is 0.132 e. The van der Waals surface area contributed by atoms with Crippen molar-refractivity contribution in [3.05, 3.63) is 23.5 Å². The molecule has 0 saturated carbocycles. The minimum Gasteiger partial charge on any atom is -0.346 e. The van der Waals surface area contributed by atoms with Gasteiger partial charge in [0.15, 0.2) is 0 Å². The van der Waals surface area contributed by atoms with Crippen molar-refractivity contribution >= 4 is 11.9 Å². The zero-order valence-corrected chi connectivity index (χ0v) is 6.68. The van der Waals surface area contributed by atoms with Gasteiger partial charge in [0, 0.05) is 25.0 Å². The van der Waals surface area contributed by atoms with Crippen molar-refractivity contribution in [2.75, 3.05) is 12.1 Å². The van der Waals surface area contributed by atoms with Crippen LogP contribution in [0.1, 0.15) is 11.1 Å². The number of nitrogens with zero attached hydrogens (tertiary/aromatic N) is 1. The molecule has 2 rings (SSSR count). The molecule has 2 N–H and O–H groups in total. The molecule has 1 aromatic heterocycles. The number of aromatic nitrogens is 1. The molecule has 0 unspecified atom stereocenters. The molecule has 1 aliphatic rings. The van der Waals surface area contributed by atoms with Gasteiger partial charge < -0.3 is 10.4 Å². The summed E-state index contributed by atoms with van der Waals surface area (Å²) in [5.41, 5.74) is 5.62. The average Bonchev–Trinajstić information content (AvgIpc) is 2.35. The van der Waals surface area contributed by atoms with Crippen molar-refractivity contribution in [1.82, 2.24) is 10.4 Å². The van der Waals surface area contributed by atoms with Crippen LogP contribution in [0.4, 0.5) is 5.82 Å². The standard InChI is InChI=1S/C8H11N3/c1-6-5-9-8-7(6)3-4-10-11(8)2/h3-5,9-10H,1-2H3. The number of anilines is 1. The minimum absolute atomic E-state index is 1.13. The predicted octanol–water partition coefficient (Wildman–Crippen LogP) is 1.25. The van der Waals surface area contributed by atoms with Gasteiger partial charge in [0.25, 0.3) is 0 Å². The van der Waals surface area contributed by atoms with Gasteiger partial charge in [0.05, 0.1) is 0 Å². The minimum atomic E-state index is 1.13. The molecule has 0 aromatic carbocycles. The van der Waals surface area contributed by atoms with Gasteiger partial charge in [0.1, 0.15) is 5.82 Å². The maximum absolute atomic E-state index is 3.19. The Bertz CT molecular complexity index is 298. The van der Waals surface area contributed by atoms with Gasteiger partial charge in [-0.15, -0.1) is 0 Å². The number of hydrazine groups is 1. The first-order valence-electron chi connectivity index (χ1n) is 3.63. The van der Waals surface area contributed by atoms with E-state index in [1.165, 1.54) is 11.1 Å². The van der Waals surface area contributed by atoms with Gasteiger partial charge in [-0.3, -0.25) is 5.01 Å². The molecule has 58 valence electrons. The summed E-state index contributed by atoms with van der Waals surface area (Å²) in [6.45, 7) is 2.10. The number of hydrogen-bond donors (Lipinski definition) is 2. The molecule has 0 atom stereocenters. The van der Waals surface area contributed by atoms with Crippen molar-refractivity contribution in [3.8, 4) is 0 Å². The SMILES string of the molecule is Cc1c[nH]c2c1C=CNN2C. The monoisotopic (exact) mass is 149 g/mol. The number of aryl methyl sites for hydroxylation is 1. The lowest BCUT2D eigenvalue weighted by molar-refractivity contribution is 0.817. The summed E-state index contributed by atoms with van der Waals surface area (Å²) >= 11 is 0. The molecule has 1 aromatic rings. The first-order valence-corrected chi connectivity index (χ1v) is 3.63. The van der Waals surface area contributed by atoms with Crippen LogP contribution in [0.5, 0.6) is 0 Å². The highest BCUT2D eigenvalue weighted by atomic mass is 15.5. The summed E-state index contributed by atoms with van der Waals surface area (Å²) in [6.07, 6.45) is 6.02. The Morgan fingerprint density at radius 1 is 1.45 bits per heavy atom. The zero-order chi connectivity index (χ0) is 7.84. The van der Waals surface area contributed by atoms with E-state index in [1.807, 2.05) is 24.5 Å². The number of hydrogen-bond acceptors (Lipinski definition) is 2. The number of aromatic amines is 1.